The number of hydrogen-bond acceptors (Lipinski definition) is 1. The summed E-state index contributed by atoms with van der Waals surface area (Å²) in [4.78, 5) is 10.6. The third-order valence-corrected chi connectivity index (χ3v) is 1.92. The van der Waals surface area contributed by atoms with Crippen molar-refractivity contribution in [3.63, 3.8) is 0 Å². The Kier molecular flexibility index (Phi) is 3.24. The maximum absolute atomic E-state index is 12.1. The van der Waals surface area contributed by atoms with E-state index in [9.17, 15) is 18.0 Å². The minimum Gasteiger partial charge on any atom is -0.478 e. The largest absolute Gasteiger partial charge is 0.478 e. The van der Waals surface area contributed by atoms with E-state index in [0.29, 0.717) is 0 Å². The van der Waals surface area contributed by atoms with Crippen molar-refractivity contribution >= 4 is 17.6 Å². The van der Waals surface area contributed by atoms with Gasteiger partial charge in [-0.25, -0.2) is 4.79 Å². The summed E-state index contributed by atoms with van der Waals surface area (Å²) in [6.07, 6.45) is -5.75. The highest BCUT2D eigenvalue weighted by Gasteiger charge is 2.29. The second-order valence-electron chi connectivity index (χ2n) is 2.90. The predicted molar refractivity (Wildman–Crippen MR) is 48.2 cm³/mol. The van der Waals surface area contributed by atoms with Gasteiger partial charge in [0.05, 0.1) is 12.0 Å². The minimum atomic E-state index is -4.45. The third-order valence-electron chi connectivity index (χ3n) is 1.69. The first kappa shape index (κ1) is 11.8. The molecule has 0 aromatic heterocycles. The summed E-state index contributed by atoms with van der Waals surface area (Å²) in [7, 11) is 0. The minimum absolute atomic E-state index is 0.0826. The number of halogens is 4. The van der Waals surface area contributed by atoms with Crippen LogP contribution in [-0.4, -0.2) is 17.3 Å². The Morgan fingerprint density at radius 1 is 1.40 bits per heavy atom. The molecule has 0 atom stereocenters. The Hall–Kier alpha value is -1.23. The van der Waals surface area contributed by atoms with E-state index in [-0.39, 0.29) is 16.1 Å². The summed E-state index contributed by atoms with van der Waals surface area (Å²) in [5.41, 5.74) is -0.709. The fourth-order valence-corrected chi connectivity index (χ4v) is 1.33. The van der Waals surface area contributed by atoms with Crippen molar-refractivity contribution in [1.29, 1.82) is 0 Å². The first-order chi connectivity index (χ1) is 6.79. The van der Waals surface area contributed by atoms with Crippen LogP contribution in [0.15, 0.2) is 18.2 Å². The molecule has 2 nitrogen and oxygen atoms in total. The molecule has 0 fully saturated rings. The molecule has 1 rings (SSSR count). The van der Waals surface area contributed by atoms with Crippen molar-refractivity contribution in [2.75, 3.05) is 0 Å². The van der Waals surface area contributed by atoms with E-state index < -0.39 is 18.6 Å². The van der Waals surface area contributed by atoms with E-state index >= 15 is 0 Å². The summed E-state index contributed by atoms with van der Waals surface area (Å²) in [5.74, 6) is -1.40. The van der Waals surface area contributed by atoms with Crippen LogP contribution in [0.25, 0.3) is 0 Å². The number of carbonyl (C=O) groups is 1. The Morgan fingerprint density at radius 3 is 2.47 bits per heavy atom. The highest BCUT2D eigenvalue weighted by molar-refractivity contribution is 6.30. The van der Waals surface area contributed by atoms with Crippen LogP contribution in [0.3, 0.4) is 0 Å². The van der Waals surface area contributed by atoms with Crippen molar-refractivity contribution < 1.29 is 23.1 Å². The van der Waals surface area contributed by atoms with Gasteiger partial charge in [-0.05, 0) is 23.8 Å². The smallest absolute Gasteiger partial charge is 0.393 e. The van der Waals surface area contributed by atoms with Crippen LogP contribution < -0.4 is 0 Å². The lowest BCUT2D eigenvalue weighted by atomic mass is 10.0. The van der Waals surface area contributed by atoms with Gasteiger partial charge in [-0.2, -0.15) is 13.2 Å². The van der Waals surface area contributed by atoms with Gasteiger partial charge in [-0.1, -0.05) is 11.6 Å². The normalized spacial score (nSPS) is 11.5. The maximum atomic E-state index is 12.1. The van der Waals surface area contributed by atoms with Crippen LogP contribution in [0.1, 0.15) is 15.9 Å². The van der Waals surface area contributed by atoms with Crippen LogP contribution >= 0.6 is 11.6 Å². The van der Waals surface area contributed by atoms with Gasteiger partial charge in [0.15, 0.2) is 0 Å². The van der Waals surface area contributed by atoms with Gasteiger partial charge >= 0.3 is 12.1 Å². The second kappa shape index (κ2) is 4.10. The zero-order chi connectivity index (χ0) is 11.6. The Labute approximate surface area is 88.3 Å². The number of benzene rings is 1. The molecule has 1 aromatic carbocycles. The highest BCUT2D eigenvalue weighted by Crippen LogP contribution is 2.25. The molecule has 0 aliphatic heterocycles. The zero-order valence-corrected chi connectivity index (χ0v) is 8.06. The van der Waals surface area contributed by atoms with Gasteiger partial charge < -0.3 is 5.11 Å². The number of carboxylic acid groups (broad SMARTS) is 1. The third kappa shape index (κ3) is 3.43. The van der Waals surface area contributed by atoms with E-state index in [1.54, 1.807) is 0 Å². The summed E-state index contributed by atoms with van der Waals surface area (Å²) in [6.45, 7) is 0. The van der Waals surface area contributed by atoms with Gasteiger partial charge in [0, 0.05) is 5.02 Å². The summed E-state index contributed by atoms with van der Waals surface area (Å²) in [6, 6.07) is 3.31. The molecule has 6 heteroatoms. The molecule has 15 heavy (non-hydrogen) atoms. The van der Waals surface area contributed by atoms with E-state index in [1.165, 1.54) is 6.07 Å². The summed E-state index contributed by atoms with van der Waals surface area (Å²) < 4.78 is 36.2. The summed E-state index contributed by atoms with van der Waals surface area (Å²) >= 11 is 5.49. The molecule has 0 saturated carbocycles. The van der Waals surface area contributed by atoms with Crippen molar-refractivity contribution in [3.05, 3.63) is 34.3 Å². The molecule has 0 aliphatic carbocycles. The van der Waals surface area contributed by atoms with Gasteiger partial charge in [0.2, 0.25) is 0 Å². The molecule has 0 bridgehead atoms. The highest BCUT2D eigenvalue weighted by atomic mass is 35.5. The van der Waals surface area contributed by atoms with E-state index in [4.69, 9.17) is 16.7 Å². The molecule has 82 valence electrons. The number of rotatable bonds is 2. The van der Waals surface area contributed by atoms with Gasteiger partial charge in [-0.15, -0.1) is 0 Å². The number of aromatic carboxylic acids is 1. The van der Waals surface area contributed by atoms with Crippen LogP contribution in [0.5, 0.6) is 0 Å². The molecule has 0 saturated heterocycles. The lowest BCUT2D eigenvalue weighted by Crippen LogP contribution is -2.14. The molecule has 1 aromatic rings. The molecule has 1 N–H and O–H groups in total. The van der Waals surface area contributed by atoms with E-state index in [0.717, 1.165) is 12.1 Å². The molecule has 0 amide bonds. The molecular weight excluding hydrogens is 233 g/mol. The predicted octanol–water partition coefficient (Wildman–Crippen LogP) is 3.14. The van der Waals surface area contributed by atoms with Crippen LogP contribution in [-0.2, 0) is 6.42 Å². The summed E-state index contributed by atoms with van der Waals surface area (Å²) in [5, 5.41) is 8.73. The lowest BCUT2D eigenvalue weighted by molar-refractivity contribution is -0.127. The lowest BCUT2D eigenvalue weighted by Gasteiger charge is -2.09. The maximum Gasteiger partial charge on any atom is 0.393 e. The zero-order valence-electron chi connectivity index (χ0n) is 7.31. The van der Waals surface area contributed by atoms with Gasteiger partial charge in [0.1, 0.15) is 0 Å². The number of hydrogen-bond donors (Lipinski definition) is 1. The quantitative estimate of drug-likeness (QED) is 0.859. The fourth-order valence-electron chi connectivity index (χ4n) is 1.13. The van der Waals surface area contributed by atoms with Crippen molar-refractivity contribution in [2.24, 2.45) is 0 Å². The first-order valence-electron chi connectivity index (χ1n) is 3.88. The molecule has 0 aliphatic rings. The van der Waals surface area contributed by atoms with Gasteiger partial charge in [0.25, 0.3) is 0 Å². The molecule has 0 heterocycles. The molecule has 0 spiro atoms. The topological polar surface area (TPSA) is 37.3 Å². The fraction of sp³-hybridized carbons (Fsp3) is 0.222. The van der Waals surface area contributed by atoms with Gasteiger partial charge in [-0.3, -0.25) is 0 Å². The van der Waals surface area contributed by atoms with Crippen LogP contribution in [0.2, 0.25) is 5.02 Å². The average molecular weight is 239 g/mol. The molecule has 0 unspecified atom stereocenters. The number of carboxylic acids is 1. The molecule has 0 radical (unpaired) electrons. The van der Waals surface area contributed by atoms with E-state index in [2.05, 4.69) is 0 Å². The van der Waals surface area contributed by atoms with Crippen LogP contribution in [0.4, 0.5) is 13.2 Å². The second-order valence-corrected chi connectivity index (χ2v) is 3.34. The van der Waals surface area contributed by atoms with Crippen LogP contribution in [0, 0.1) is 0 Å². The molecular formula is C9H6ClF3O2. The number of alkyl halides is 3. The van der Waals surface area contributed by atoms with Crippen molar-refractivity contribution in [1.82, 2.24) is 0 Å². The van der Waals surface area contributed by atoms with E-state index in [1.807, 2.05) is 0 Å². The Balaban J connectivity index is 3.13. The Morgan fingerprint density at radius 2 is 2.00 bits per heavy atom. The SMILES string of the molecule is O=C(O)c1ccc(Cl)cc1CC(F)(F)F. The Bertz CT molecular complexity index is 387. The average Bonchev–Trinajstić information content (AvgIpc) is 1.99. The van der Waals surface area contributed by atoms with Crippen molar-refractivity contribution in [3.8, 4) is 0 Å². The standard InChI is InChI=1S/C9H6ClF3O2/c10-6-1-2-7(8(14)15)5(3-6)4-9(11,12)13/h1-3H,4H2,(H,14,15). The first-order valence-corrected chi connectivity index (χ1v) is 4.26. The monoisotopic (exact) mass is 238 g/mol. The van der Waals surface area contributed by atoms with Crippen molar-refractivity contribution in [2.45, 2.75) is 12.6 Å².